The third-order valence-electron chi connectivity index (χ3n) is 1.99. The van der Waals surface area contributed by atoms with Crippen LogP contribution >= 0.6 is 0 Å². The normalized spacial score (nSPS) is 27.2. The van der Waals surface area contributed by atoms with Crippen LogP contribution in [0.1, 0.15) is 26.7 Å². The van der Waals surface area contributed by atoms with Crippen LogP contribution in [0.15, 0.2) is 12.2 Å². The molecule has 1 rings (SSSR count). The Balaban J connectivity index is 2.14. The molecule has 1 saturated heterocycles. The van der Waals surface area contributed by atoms with Crippen molar-refractivity contribution in [1.82, 2.24) is 0 Å². The molecule has 0 aromatic carbocycles. The molecule has 0 unspecified atom stereocenters. The highest BCUT2D eigenvalue weighted by atomic mass is 16.7. The van der Waals surface area contributed by atoms with Gasteiger partial charge in [0, 0.05) is 0 Å². The third-order valence-corrected chi connectivity index (χ3v) is 1.99. The lowest BCUT2D eigenvalue weighted by Crippen LogP contribution is -2.21. The Labute approximate surface area is 79.3 Å². The van der Waals surface area contributed by atoms with Crippen LogP contribution in [0.4, 0.5) is 0 Å². The zero-order valence-electron chi connectivity index (χ0n) is 8.32. The molecular formula is C10H18O3. The van der Waals surface area contributed by atoms with E-state index in [1.165, 1.54) is 0 Å². The fourth-order valence-electron chi connectivity index (χ4n) is 1.38. The molecule has 0 spiro atoms. The minimum atomic E-state index is -0.411. The Morgan fingerprint density at radius 1 is 1.46 bits per heavy atom. The number of rotatable bonds is 4. The molecule has 0 radical (unpaired) electrons. The maximum Gasteiger partial charge on any atom is 0.163 e. The number of hydrogen-bond acceptors (Lipinski definition) is 3. The lowest BCUT2D eigenvalue weighted by molar-refractivity contribution is -0.138. The largest absolute Gasteiger partial charge is 0.392 e. The van der Waals surface area contributed by atoms with Crippen molar-refractivity contribution in [3.05, 3.63) is 12.2 Å². The van der Waals surface area contributed by atoms with Crippen molar-refractivity contribution in [3.63, 3.8) is 0 Å². The molecule has 1 aliphatic rings. The van der Waals surface area contributed by atoms with Gasteiger partial charge in [0.1, 0.15) is 0 Å². The summed E-state index contributed by atoms with van der Waals surface area (Å²) in [6.07, 6.45) is 5.82. The molecule has 0 bridgehead atoms. The lowest BCUT2D eigenvalue weighted by atomic mass is 10.2. The van der Waals surface area contributed by atoms with Gasteiger partial charge in [-0.05, 0) is 26.7 Å². The molecule has 1 atom stereocenters. The van der Waals surface area contributed by atoms with Gasteiger partial charge in [-0.3, -0.25) is 0 Å². The predicted molar refractivity (Wildman–Crippen MR) is 50.4 cm³/mol. The highest BCUT2D eigenvalue weighted by Crippen LogP contribution is 2.24. The average molecular weight is 186 g/mol. The van der Waals surface area contributed by atoms with Crippen LogP contribution in [-0.4, -0.2) is 30.2 Å². The van der Waals surface area contributed by atoms with Crippen molar-refractivity contribution in [1.29, 1.82) is 0 Å². The van der Waals surface area contributed by atoms with Gasteiger partial charge in [-0.1, -0.05) is 12.2 Å². The fraction of sp³-hybridized carbons (Fsp3) is 0.800. The van der Waals surface area contributed by atoms with Gasteiger partial charge in [-0.2, -0.15) is 0 Å². The Hall–Kier alpha value is -0.380. The molecule has 3 heteroatoms. The second kappa shape index (κ2) is 4.74. The van der Waals surface area contributed by atoms with Crippen molar-refractivity contribution in [2.45, 2.75) is 38.6 Å². The fourth-order valence-corrected chi connectivity index (χ4v) is 1.38. The highest BCUT2D eigenvalue weighted by molar-refractivity contribution is 4.83. The number of hydrogen-bond donors (Lipinski definition) is 1. The molecule has 0 saturated carbocycles. The molecule has 0 aliphatic carbocycles. The zero-order valence-corrected chi connectivity index (χ0v) is 8.32. The molecule has 1 aliphatic heterocycles. The van der Waals surface area contributed by atoms with E-state index in [2.05, 4.69) is 0 Å². The minimum Gasteiger partial charge on any atom is -0.392 e. The van der Waals surface area contributed by atoms with Crippen molar-refractivity contribution in [3.8, 4) is 0 Å². The van der Waals surface area contributed by atoms with Crippen LogP contribution < -0.4 is 0 Å². The summed E-state index contributed by atoms with van der Waals surface area (Å²) in [5, 5.41) is 8.50. The zero-order chi connectivity index (χ0) is 9.73. The number of aliphatic hydroxyl groups excluding tert-OH is 1. The molecule has 0 amide bonds. The number of ether oxygens (including phenoxy) is 2. The highest BCUT2D eigenvalue weighted by Gasteiger charge is 2.31. The van der Waals surface area contributed by atoms with Gasteiger partial charge in [0.15, 0.2) is 5.79 Å². The van der Waals surface area contributed by atoms with Gasteiger partial charge >= 0.3 is 0 Å². The Morgan fingerprint density at radius 2 is 2.23 bits per heavy atom. The molecule has 0 aromatic heterocycles. The molecule has 0 aromatic rings. The molecular weight excluding hydrogens is 168 g/mol. The van der Waals surface area contributed by atoms with Gasteiger partial charge < -0.3 is 14.6 Å². The second-order valence-corrected chi connectivity index (χ2v) is 3.68. The molecule has 13 heavy (non-hydrogen) atoms. The van der Waals surface area contributed by atoms with E-state index in [1.807, 2.05) is 19.9 Å². The first-order valence-electron chi connectivity index (χ1n) is 4.72. The molecule has 3 nitrogen and oxygen atoms in total. The SMILES string of the molecule is CC1(C)OC[C@@H](CC/C=C/CO)O1. The van der Waals surface area contributed by atoms with E-state index in [0.29, 0.717) is 6.61 Å². The first-order chi connectivity index (χ1) is 6.14. The van der Waals surface area contributed by atoms with Crippen molar-refractivity contribution in [2.75, 3.05) is 13.2 Å². The van der Waals surface area contributed by atoms with Gasteiger partial charge in [0.05, 0.1) is 19.3 Å². The van der Waals surface area contributed by atoms with Crippen molar-refractivity contribution < 1.29 is 14.6 Å². The Bertz CT molecular complexity index is 175. The topological polar surface area (TPSA) is 38.7 Å². The summed E-state index contributed by atoms with van der Waals surface area (Å²) in [4.78, 5) is 0. The van der Waals surface area contributed by atoms with Gasteiger partial charge in [0.25, 0.3) is 0 Å². The van der Waals surface area contributed by atoms with Gasteiger partial charge in [0.2, 0.25) is 0 Å². The third kappa shape index (κ3) is 3.89. The minimum absolute atomic E-state index is 0.119. The van der Waals surface area contributed by atoms with Crippen LogP contribution in [0.2, 0.25) is 0 Å². The van der Waals surface area contributed by atoms with E-state index < -0.39 is 5.79 Å². The smallest absolute Gasteiger partial charge is 0.163 e. The lowest BCUT2D eigenvalue weighted by Gasteiger charge is -2.16. The van der Waals surface area contributed by atoms with Gasteiger partial charge in [-0.15, -0.1) is 0 Å². The standard InChI is InChI=1S/C10H18O3/c1-10(2)12-8-9(13-10)6-4-3-5-7-11/h3,5,9,11H,4,6-8H2,1-2H3/b5-3+/t9-/m1/s1. The van der Waals surface area contributed by atoms with Crippen LogP contribution in [0, 0.1) is 0 Å². The summed E-state index contributed by atoms with van der Waals surface area (Å²) < 4.78 is 11.0. The first-order valence-corrected chi connectivity index (χ1v) is 4.72. The molecule has 1 fully saturated rings. The van der Waals surface area contributed by atoms with E-state index in [1.54, 1.807) is 6.08 Å². The van der Waals surface area contributed by atoms with E-state index in [4.69, 9.17) is 14.6 Å². The Morgan fingerprint density at radius 3 is 2.77 bits per heavy atom. The van der Waals surface area contributed by atoms with E-state index in [0.717, 1.165) is 12.8 Å². The van der Waals surface area contributed by atoms with Crippen molar-refractivity contribution in [2.24, 2.45) is 0 Å². The quantitative estimate of drug-likeness (QED) is 0.676. The van der Waals surface area contributed by atoms with E-state index in [9.17, 15) is 0 Å². The van der Waals surface area contributed by atoms with E-state index >= 15 is 0 Å². The summed E-state index contributed by atoms with van der Waals surface area (Å²) in [5.41, 5.74) is 0. The summed E-state index contributed by atoms with van der Waals surface area (Å²) >= 11 is 0. The van der Waals surface area contributed by atoms with Crippen LogP contribution in [-0.2, 0) is 9.47 Å². The van der Waals surface area contributed by atoms with Crippen LogP contribution in [0.25, 0.3) is 0 Å². The number of allylic oxidation sites excluding steroid dienone is 1. The van der Waals surface area contributed by atoms with Crippen LogP contribution in [0.5, 0.6) is 0 Å². The van der Waals surface area contributed by atoms with Crippen LogP contribution in [0.3, 0.4) is 0 Å². The summed E-state index contributed by atoms with van der Waals surface area (Å²) in [6, 6.07) is 0. The van der Waals surface area contributed by atoms with E-state index in [-0.39, 0.29) is 12.7 Å². The molecule has 76 valence electrons. The maximum absolute atomic E-state index is 8.50. The summed E-state index contributed by atoms with van der Waals surface area (Å²) in [7, 11) is 0. The Kier molecular flexibility index (Phi) is 3.90. The average Bonchev–Trinajstić information content (AvgIpc) is 2.40. The summed E-state index contributed by atoms with van der Waals surface area (Å²) in [6.45, 7) is 4.65. The monoisotopic (exact) mass is 186 g/mol. The molecule has 1 N–H and O–H groups in total. The number of aliphatic hydroxyl groups is 1. The first kappa shape index (κ1) is 10.7. The molecule has 1 heterocycles. The van der Waals surface area contributed by atoms with Gasteiger partial charge in [-0.25, -0.2) is 0 Å². The second-order valence-electron chi connectivity index (χ2n) is 3.68. The summed E-state index contributed by atoms with van der Waals surface area (Å²) in [5.74, 6) is -0.411. The van der Waals surface area contributed by atoms with Crippen molar-refractivity contribution >= 4 is 0 Å². The maximum atomic E-state index is 8.50. The predicted octanol–water partition coefficient (Wildman–Crippen LogP) is 1.47.